The van der Waals surface area contributed by atoms with E-state index in [0.717, 1.165) is 18.8 Å². The van der Waals surface area contributed by atoms with Crippen LogP contribution in [0.4, 0.5) is 5.69 Å². The fourth-order valence-electron chi connectivity index (χ4n) is 2.79. The maximum Gasteiger partial charge on any atom is 0.245 e. The van der Waals surface area contributed by atoms with E-state index in [1.54, 1.807) is 0 Å². The molecule has 1 aliphatic rings. The van der Waals surface area contributed by atoms with Gasteiger partial charge in [0.15, 0.2) is 0 Å². The van der Waals surface area contributed by atoms with E-state index in [0.29, 0.717) is 18.1 Å². The second kappa shape index (κ2) is 7.68. The molecular weight excluding hydrogens is 314 g/mol. The summed E-state index contributed by atoms with van der Waals surface area (Å²) in [6, 6.07) is 7.29. The Morgan fingerprint density at radius 1 is 1.17 bits per heavy atom. The number of benzene rings is 1. The van der Waals surface area contributed by atoms with Crippen LogP contribution in [0, 0.1) is 5.92 Å². The van der Waals surface area contributed by atoms with E-state index in [1.807, 2.05) is 43.0 Å². The van der Waals surface area contributed by atoms with Gasteiger partial charge in [0.1, 0.15) is 6.04 Å². The lowest BCUT2D eigenvalue weighted by molar-refractivity contribution is -0.137. The second-order valence-corrected chi connectivity index (χ2v) is 6.65. The standard InChI is InChI=1S/C17H24ClN3O2/c1-12(2)16(19-13(3)22)17(23)21-9-7-20(8-10-21)15-6-4-5-14(18)11-15/h4-6,11-12,16H,7-10H2,1-3H3,(H,19,22). The molecule has 1 aromatic carbocycles. The second-order valence-electron chi connectivity index (χ2n) is 6.21. The van der Waals surface area contributed by atoms with Crippen LogP contribution in [0.3, 0.4) is 0 Å². The van der Waals surface area contributed by atoms with Crippen LogP contribution < -0.4 is 10.2 Å². The Balaban J connectivity index is 1.97. The van der Waals surface area contributed by atoms with Gasteiger partial charge in [-0.2, -0.15) is 0 Å². The van der Waals surface area contributed by atoms with Crippen molar-refractivity contribution in [2.75, 3.05) is 31.1 Å². The number of rotatable bonds is 4. The molecule has 0 aromatic heterocycles. The lowest BCUT2D eigenvalue weighted by Crippen LogP contribution is -2.56. The maximum atomic E-state index is 12.6. The molecule has 1 atom stereocenters. The monoisotopic (exact) mass is 337 g/mol. The molecule has 1 N–H and O–H groups in total. The van der Waals surface area contributed by atoms with Gasteiger partial charge in [0.25, 0.3) is 0 Å². The van der Waals surface area contributed by atoms with Crippen molar-refractivity contribution in [1.82, 2.24) is 10.2 Å². The highest BCUT2D eigenvalue weighted by Crippen LogP contribution is 2.21. The molecule has 23 heavy (non-hydrogen) atoms. The van der Waals surface area contributed by atoms with Crippen molar-refractivity contribution in [2.24, 2.45) is 5.92 Å². The van der Waals surface area contributed by atoms with Crippen molar-refractivity contribution in [2.45, 2.75) is 26.8 Å². The topological polar surface area (TPSA) is 52.7 Å². The Kier molecular flexibility index (Phi) is 5.88. The smallest absolute Gasteiger partial charge is 0.245 e. The first-order valence-corrected chi connectivity index (χ1v) is 8.32. The molecule has 1 fully saturated rings. The highest BCUT2D eigenvalue weighted by atomic mass is 35.5. The van der Waals surface area contributed by atoms with E-state index < -0.39 is 6.04 Å². The van der Waals surface area contributed by atoms with Gasteiger partial charge in [-0.05, 0) is 24.1 Å². The number of halogens is 1. The molecule has 0 radical (unpaired) electrons. The zero-order valence-electron chi connectivity index (χ0n) is 13.9. The van der Waals surface area contributed by atoms with Crippen molar-refractivity contribution < 1.29 is 9.59 Å². The highest BCUT2D eigenvalue weighted by Gasteiger charge is 2.30. The Hall–Kier alpha value is -1.75. The largest absolute Gasteiger partial charge is 0.368 e. The van der Waals surface area contributed by atoms with Gasteiger partial charge < -0.3 is 15.1 Å². The average molecular weight is 338 g/mol. The number of nitrogens with zero attached hydrogens (tertiary/aromatic N) is 2. The van der Waals surface area contributed by atoms with Crippen LogP contribution in [0.25, 0.3) is 0 Å². The van der Waals surface area contributed by atoms with Crippen molar-refractivity contribution in [1.29, 1.82) is 0 Å². The number of hydrogen-bond acceptors (Lipinski definition) is 3. The lowest BCUT2D eigenvalue weighted by atomic mass is 10.0. The van der Waals surface area contributed by atoms with Gasteiger partial charge in [0, 0.05) is 43.8 Å². The molecule has 5 nitrogen and oxygen atoms in total. The molecule has 1 heterocycles. The summed E-state index contributed by atoms with van der Waals surface area (Å²) in [5, 5.41) is 3.48. The van der Waals surface area contributed by atoms with Gasteiger partial charge in [-0.25, -0.2) is 0 Å². The van der Waals surface area contributed by atoms with E-state index in [9.17, 15) is 9.59 Å². The molecule has 6 heteroatoms. The summed E-state index contributed by atoms with van der Waals surface area (Å²) in [5.74, 6) is -0.104. The first-order valence-electron chi connectivity index (χ1n) is 7.95. The Bertz CT molecular complexity index is 569. The maximum absolute atomic E-state index is 12.6. The summed E-state index contributed by atoms with van der Waals surface area (Å²) >= 11 is 6.04. The Morgan fingerprint density at radius 2 is 1.83 bits per heavy atom. The van der Waals surface area contributed by atoms with Crippen molar-refractivity contribution >= 4 is 29.1 Å². The molecule has 0 saturated carbocycles. The summed E-state index contributed by atoms with van der Waals surface area (Å²) in [7, 11) is 0. The fraction of sp³-hybridized carbons (Fsp3) is 0.529. The molecule has 2 rings (SSSR count). The minimum Gasteiger partial charge on any atom is -0.368 e. The fourth-order valence-corrected chi connectivity index (χ4v) is 2.97. The van der Waals surface area contributed by atoms with E-state index in [2.05, 4.69) is 10.2 Å². The average Bonchev–Trinajstić information content (AvgIpc) is 2.52. The van der Waals surface area contributed by atoms with Crippen LogP contribution in [0.5, 0.6) is 0 Å². The number of piperazine rings is 1. The van der Waals surface area contributed by atoms with Gasteiger partial charge in [0.2, 0.25) is 11.8 Å². The molecule has 1 unspecified atom stereocenters. The van der Waals surface area contributed by atoms with E-state index in [-0.39, 0.29) is 17.7 Å². The predicted molar refractivity (Wildman–Crippen MR) is 92.7 cm³/mol. The number of anilines is 1. The van der Waals surface area contributed by atoms with Crippen molar-refractivity contribution in [3.63, 3.8) is 0 Å². The number of hydrogen-bond donors (Lipinski definition) is 1. The molecular formula is C17H24ClN3O2. The van der Waals surface area contributed by atoms with Crippen molar-refractivity contribution in [3.8, 4) is 0 Å². The number of carbonyl (C=O) groups excluding carboxylic acids is 2. The molecule has 2 amide bonds. The zero-order chi connectivity index (χ0) is 17.0. The normalized spacial score (nSPS) is 16.4. The van der Waals surface area contributed by atoms with Crippen LogP contribution in [0.15, 0.2) is 24.3 Å². The van der Waals surface area contributed by atoms with Crippen LogP contribution in [0.1, 0.15) is 20.8 Å². The lowest BCUT2D eigenvalue weighted by Gasteiger charge is -2.38. The van der Waals surface area contributed by atoms with Crippen molar-refractivity contribution in [3.05, 3.63) is 29.3 Å². The van der Waals surface area contributed by atoms with Gasteiger partial charge in [0.05, 0.1) is 0 Å². The number of nitrogens with one attached hydrogen (secondary N) is 1. The van der Waals surface area contributed by atoms with Gasteiger partial charge >= 0.3 is 0 Å². The molecule has 126 valence electrons. The molecule has 1 aliphatic heterocycles. The third kappa shape index (κ3) is 4.61. The minimum atomic E-state index is -0.454. The minimum absolute atomic E-state index is 0.000874. The summed E-state index contributed by atoms with van der Waals surface area (Å²) in [4.78, 5) is 28.0. The molecule has 0 spiro atoms. The number of carbonyl (C=O) groups is 2. The Labute approximate surface area is 142 Å². The van der Waals surface area contributed by atoms with Gasteiger partial charge in [-0.3, -0.25) is 9.59 Å². The third-order valence-electron chi connectivity index (χ3n) is 4.06. The van der Waals surface area contributed by atoms with E-state index in [1.165, 1.54) is 6.92 Å². The summed E-state index contributed by atoms with van der Waals surface area (Å²) in [6.45, 7) is 8.15. The quantitative estimate of drug-likeness (QED) is 0.916. The van der Waals surface area contributed by atoms with E-state index >= 15 is 0 Å². The van der Waals surface area contributed by atoms with Gasteiger partial charge in [-0.15, -0.1) is 0 Å². The van der Waals surface area contributed by atoms with E-state index in [4.69, 9.17) is 11.6 Å². The summed E-state index contributed by atoms with van der Waals surface area (Å²) in [6.07, 6.45) is 0. The zero-order valence-corrected chi connectivity index (χ0v) is 14.6. The summed E-state index contributed by atoms with van der Waals surface area (Å²) in [5.41, 5.74) is 1.08. The number of amides is 2. The first-order chi connectivity index (χ1) is 10.9. The van der Waals surface area contributed by atoms with Gasteiger partial charge in [-0.1, -0.05) is 31.5 Å². The molecule has 0 bridgehead atoms. The predicted octanol–water partition coefficient (Wildman–Crippen LogP) is 2.15. The highest BCUT2D eigenvalue weighted by molar-refractivity contribution is 6.30. The summed E-state index contributed by atoms with van der Waals surface area (Å²) < 4.78 is 0. The molecule has 1 saturated heterocycles. The molecule has 1 aromatic rings. The van der Waals surface area contributed by atoms with Crippen LogP contribution in [-0.4, -0.2) is 48.9 Å². The third-order valence-corrected chi connectivity index (χ3v) is 4.29. The first kappa shape index (κ1) is 17.6. The van der Waals surface area contributed by atoms with Crippen LogP contribution in [-0.2, 0) is 9.59 Å². The Morgan fingerprint density at radius 3 is 2.35 bits per heavy atom. The van der Waals surface area contributed by atoms with Crippen LogP contribution >= 0.6 is 11.6 Å². The SMILES string of the molecule is CC(=O)NC(C(=O)N1CCN(c2cccc(Cl)c2)CC1)C(C)C. The van der Waals surface area contributed by atoms with Crippen LogP contribution in [0.2, 0.25) is 5.02 Å². The molecule has 0 aliphatic carbocycles.